The van der Waals surface area contributed by atoms with Crippen LogP contribution < -0.4 is 10.6 Å². The van der Waals surface area contributed by atoms with Gasteiger partial charge < -0.3 is 20.3 Å². The zero-order valence-electron chi connectivity index (χ0n) is 13.2. The molecule has 1 aromatic carbocycles. The minimum atomic E-state index is -0.384. The molecular formula is C17H25N3O2. The SMILES string of the molecule is CN1CCOC(C(=O)Nc2cccc(NC3CCCC3)c2)C1. The summed E-state index contributed by atoms with van der Waals surface area (Å²) >= 11 is 0. The summed E-state index contributed by atoms with van der Waals surface area (Å²) in [5.41, 5.74) is 1.90. The van der Waals surface area contributed by atoms with Crippen molar-refractivity contribution in [2.45, 2.75) is 37.8 Å². The maximum atomic E-state index is 12.3. The third-order valence-corrected chi connectivity index (χ3v) is 4.42. The first-order chi connectivity index (χ1) is 10.7. The number of hydrogen-bond donors (Lipinski definition) is 2. The van der Waals surface area contributed by atoms with Gasteiger partial charge in [0, 0.05) is 30.5 Å². The van der Waals surface area contributed by atoms with Crippen molar-refractivity contribution in [2.75, 3.05) is 37.4 Å². The number of likely N-dealkylation sites (N-methyl/N-ethyl adjacent to an activating group) is 1. The number of amides is 1. The molecule has 0 radical (unpaired) electrons. The molecule has 1 saturated heterocycles. The van der Waals surface area contributed by atoms with Gasteiger partial charge in [-0.05, 0) is 38.1 Å². The number of morpholine rings is 1. The molecule has 0 spiro atoms. The predicted molar refractivity (Wildman–Crippen MR) is 88.2 cm³/mol. The minimum absolute atomic E-state index is 0.0652. The second-order valence-electron chi connectivity index (χ2n) is 6.32. The van der Waals surface area contributed by atoms with E-state index in [-0.39, 0.29) is 12.0 Å². The van der Waals surface area contributed by atoms with Crippen molar-refractivity contribution in [3.05, 3.63) is 24.3 Å². The third-order valence-electron chi connectivity index (χ3n) is 4.42. The van der Waals surface area contributed by atoms with Crippen LogP contribution in [0, 0.1) is 0 Å². The Hall–Kier alpha value is -1.59. The Morgan fingerprint density at radius 3 is 2.82 bits per heavy atom. The Bertz CT molecular complexity index is 514. The van der Waals surface area contributed by atoms with Gasteiger partial charge in [0.2, 0.25) is 0 Å². The number of ether oxygens (including phenoxy) is 1. The Morgan fingerprint density at radius 2 is 2.05 bits per heavy atom. The quantitative estimate of drug-likeness (QED) is 0.896. The number of nitrogens with zero attached hydrogens (tertiary/aromatic N) is 1. The van der Waals surface area contributed by atoms with Crippen molar-refractivity contribution in [2.24, 2.45) is 0 Å². The first kappa shape index (κ1) is 15.3. The summed E-state index contributed by atoms with van der Waals surface area (Å²) in [6.07, 6.45) is 4.70. The normalized spacial score (nSPS) is 23.4. The molecule has 1 aliphatic carbocycles. The van der Waals surface area contributed by atoms with Crippen LogP contribution in [0.25, 0.3) is 0 Å². The lowest BCUT2D eigenvalue weighted by molar-refractivity contribution is -0.132. The fourth-order valence-corrected chi connectivity index (χ4v) is 3.15. The topological polar surface area (TPSA) is 53.6 Å². The van der Waals surface area contributed by atoms with Crippen molar-refractivity contribution >= 4 is 17.3 Å². The van der Waals surface area contributed by atoms with E-state index in [0.29, 0.717) is 19.2 Å². The molecule has 2 fully saturated rings. The molecule has 2 aliphatic rings. The number of anilines is 2. The third kappa shape index (κ3) is 3.99. The molecule has 120 valence electrons. The number of carbonyl (C=O) groups excluding carboxylic acids is 1. The van der Waals surface area contributed by atoms with Gasteiger partial charge in [-0.1, -0.05) is 18.9 Å². The average molecular weight is 303 g/mol. The van der Waals surface area contributed by atoms with Gasteiger partial charge in [-0.3, -0.25) is 4.79 Å². The summed E-state index contributed by atoms with van der Waals surface area (Å²) in [6.45, 7) is 2.13. The number of benzene rings is 1. The second-order valence-corrected chi connectivity index (χ2v) is 6.32. The first-order valence-corrected chi connectivity index (χ1v) is 8.18. The van der Waals surface area contributed by atoms with Crippen LogP contribution >= 0.6 is 0 Å². The first-order valence-electron chi connectivity index (χ1n) is 8.18. The maximum Gasteiger partial charge on any atom is 0.254 e. The highest BCUT2D eigenvalue weighted by atomic mass is 16.5. The molecule has 1 saturated carbocycles. The fraction of sp³-hybridized carbons (Fsp3) is 0.588. The summed E-state index contributed by atoms with van der Waals surface area (Å²) in [5.74, 6) is -0.0652. The van der Waals surface area contributed by atoms with Crippen LogP contribution in [-0.4, -0.2) is 49.7 Å². The summed E-state index contributed by atoms with van der Waals surface area (Å²) in [4.78, 5) is 14.4. The van der Waals surface area contributed by atoms with Gasteiger partial charge in [0.25, 0.3) is 5.91 Å². The van der Waals surface area contributed by atoms with Crippen molar-refractivity contribution in [3.63, 3.8) is 0 Å². The highest BCUT2D eigenvalue weighted by Gasteiger charge is 2.24. The molecule has 1 heterocycles. The molecule has 3 rings (SSSR count). The highest BCUT2D eigenvalue weighted by Crippen LogP contribution is 2.24. The predicted octanol–water partition coefficient (Wildman–Crippen LogP) is 2.31. The zero-order valence-corrected chi connectivity index (χ0v) is 13.2. The average Bonchev–Trinajstić information content (AvgIpc) is 3.00. The minimum Gasteiger partial charge on any atom is -0.382 e. The molecule has 1 amide bonds. The van der Waals surface area contributed by atoms with Crippen LogP contribution in [0.2, 0.25) is 0 Å². The summed E-state index contributed by atoms with van der Waals surface area (Å²) in [7, 11) is 2.01. The van der Waals surface area contributed by atoms with E-state index in [0.717, 1.165) is 17.9 Å². The lowest BCUT2D eigenvalue weighted by atomic mass is 10.2. The van der Waals surface area contributed by atoms with Gasteiger partial charge in [-0.15, -0.1) is 0 Å². The van der Waals surface area contributed by atoms with E-state index in [4.69, 9.17) is 4.74 Å². The van der Waals surface area contributed by atoms with Crippen LogP contribution in [0.15, 0.2) is 24.3 Å². The molecule has 0 bridgehead atoms. The molecule has 22 heavy (non-hydrogen) atoms. The molecule has 1 atom stereocenters. The number of hydrogen-bond acceptors (Lipinski definition) is 4. The number of nitrogens with one attached hydrogen (secondary N) is 2. The van der Waals surface area contributed by atoms with Crippen LogP contribution in [0.1, 0.15) is 25.7 Å². The van der Waals surface area contributed by atoms with E-state index in [9.17, 15) is 4.79 Å². The highest BCUT2D eigenvalue weighted by molar-refractivity contribution is 5.94. The lowest BCUT2D eigenvalue weighted by Crippen LogP contribution is -2.46. The summed E-state index contributed by atoms with van der Waals surface area (Å²) in [5, 5.41) is 6.52. The van der Waals surface area contributed by atoms with Gasteiger partial charge in [-0.25, -0.2) is 0 Å². The van der Waals surface area contributed by atoms with E-state index in [1.54, 1.807) is 0 Å². The Morgan fingerprint density at radius 1 is 1.27 bits per heavy atom. The van der Waals surface area contributed by atoms with E-state index in [1.807, 2.05) is 25.2 Å². The molecule has 0 aromatic heterocycles. The molecule has 5 nitrogen and oxygen atoms in total. The van der Waals surface area contributed by atoms with Gasteiger partial charge >= 0.3 is 0 Å². The Labute approximate surface area is 132 Å². The smallest absolute Gasteiger partial charge is 0.254 e. The maximum absolute atomic E-state index is 12.3. The van der Waals surface area contributed by atoms with Crippen LogP contribution in [0.5, 0.6) is 0 Å². The van der Waals surface area contributed by atoms with Crippen molar-refractivity contribution in [3.8, 4) is 0 Å². The number of carbonyl (C=O) groups is 1. The molecule has 1 unspecified atom stereocenters. The van der Waals surface area contributed by atoms with Gasteiger partial charge in [-0.2, -0.15) is 0 Å². The lowest BCUT2D eigenvalue weighted by Gasteiger charge is -2.29. The fourth-order valence-electron chi connectivity index (χ4n) is 3.15. The van der Waals surface area contributed by atoms with Gasteiger partial charge in [0.15, 0.2) is 0 Å². The monoisotopic (exact) mass is 303 g/mol. The molecule has 5 heteroatoms. The molecular weight excluding hydrogens is 278 g/mol. The van der Waals surface area contributed by atoms with Gasteiger partial charge in [0.05, 0.1) is 6.61 Å². The van der Waals surface area contributed by atoms with E-state index in [1.165, 1.54) is 25.7 Å². The van der Waals surface area contributed by atoms with Crippen LogP contribution in [0.3, 0.4) is 0 Å². The Balaban J connectivity index is 1.58. The van der Waals surface area contributed by atoms with E-state index >= 15 is 0 Å². The zero-order chi connectivity index (χ0) is 15.4. The summed E-state index contributed by atoms with van der Waals surface area (Å²) < 4.78 is 5.55. The molecule has 1 aliphatic heterocycles. The molecule has 1 aromatic rings. The summed E-state index contributed by atoms with van der Waals surface area (Å²) in [6, 6.07) is 8.52. The van der Waals surface area contributed by atoms with Crippen molar-refractivity contribution in [1.29, 1.82) is 0 Å². The van der Waals surface area contributed by atoms with Crippen molar-refractivity contribution < 1.29 is 9.53 Å². The van der Waals surface area contributed by atoms with Gasteiger partial charge in [0.1, 0.15) is 6.10 Å². The van der Waals surface area contributed by atoms with E-state index in [2.05, 4.69) is 21.6 Å². The van der Waals surface area contributed by atoms with E-state index < -0.39 is 0 Å². The largest absolute Gasteiger partial charge is 0.382 e. The Kier molecular flexibility index (Phi) is 4.95. The second kappa shape index (κ2) is 7.11. The van der Waals surface area contributed by atoms with Crippen molar-refractivity contribution in [1.82, 2.24) is 4.90 Å². The number of rotatable bonds is 4. The molecule has 2 N–H and O–H groups in total. The standard InChI is InChI=1S/C17H25N3O2/c1-20-9-10-22-16(12-20)17(21)19-15-8-4-7-14(11-15)18-13-5-2-3-6-13/h4,7-8,11,13,16,18H,2-3,5-6,9-10,12H2,1H3,(H,19,21). The van der Waals surface area contributed by atoms with Crippen LogP contribution in [-0.2, 0) is 9.53 Å². The van der Waals surface area contributed by atoms with Crippen LogP contribution in [0.4, 0.5) is 11.4 Å².